The molecule has 25 heavy (non-hydrogen) atoms. The van der Waals surface area contributed by atoms with E-state index in [1.165, 1.54) is 0 Å². The van der Waals surface area contributed by atoms with E-state index in [2.05, 4.69) is 5.32 Å². The second-order valence-corrected chi connectivity index (χ2v) is 7.62. The summed E-state index contributed by atoms with van der Waals surface area (Å²) in [5.41, 5.74) is 0. The quantitative estimate of drug-likeness (QED) is 0.667. The van der Waals surface area contributed by atoms with Crippen molar-refractivity contribution in [2.45, 2.75) is 45.1 Å². The van der Waals surface area contributed by atoms with E-state index < -0.39 is 17.9 Å². The van der Waals surface area contributed by atoms with Crippen molar-refractivity contribution in [1.82, 2.24) is 10.2 Å². The van der Waals surface area contributed by atoms with Gasteiger partial charge in [-0.05, 0) is 25.2 Å². The molecule has 2 aliphatic heterocycles. The number of carbonyl (C=O) groups excluding carboxylic acids is 2. The molecule has 0 bridgehead atoms. The van der Waals surface area contributed by atoms with Crippen molar-refractivity contribution in [2.24, 2.45) is 11.8 Å². The summed E-state index contributed by atoms with van der Waals surface area (Å²) >= 11 is 1.56. The van der Waals surface area contributed by atoms with E-state index in [1.807, 2.05) is 6.92 Å². The highest BCUT2D eigenvalue weighted by Gasteiger charge is 2.36. The van der Waals surface area contributed by atoms with Crippen molar-refractivity contribution in [2.75, 3.05) is 31.4 Å². The Hall–Kier alpha value is -1.28. The van der Waals surface area contributed by atoms with Crippen LogP contribution in [0.3, 0.4) is 0 Å². The number of nitrogens with one attached hydrogen (secondary N) is 1. The second kappa shape index (κ2) is 10.0. The fraction of sp³-hybridized carbons (Fsp3) is 0.824. The number of hydrogen-bond acceptors (Lipinski definition) is 5. The summed E-state index contributed by atoms with van der Waals surface area (Å²) in [5, 5.41) is 12.3. The summed E-state index contributed by atoms with van der Waals surface area (Å²) in [4.78, 5) is 37.9. The van der Waals surface area contributed by atoms with Crippen LogP contribution in [0.4, 0.5) is 0 Å². The van der Waals surface area contributed by atoms with Gasteiger partial charge in [0.2, 0.25) is 11.8 Å². The molecule has 0 aromatic heterocycles. The molecule has 2 rings (SSSR count). The van der Waals surface area contributed by atoms with Gasteiger partial charge in [-0.2, -0.15) is 0 Å². The average molecular weight is 372 g/mol. The number of ether oxygens (including phenoxy) is 1. The molecule has 2 saturated heterocycles. The summed E-state index contributed by atoms with van der Waals surface area (Å²) in [7, 11) is 0. The van der Waals surface area contributed by atoms with E-state index in [0.717, 1.165) is 12.8 Å². The predicted octanol–water partition coefficient (Wildman–Crippen LogP) is 1.32. The molecule has 2 unspecified atom stereocenters. The fourth-order valence-corrected chi connectivity index (χ4v) is 4.46. The average Bonchev–Trinajstić information content (AvgIpc) is 3.10. The van der Waals surface area contributed by atoms with E-state index in [1.54, 1.807) is 16.7 Å². The largest absolute Gasteiger partial charge is 0.481 e. The van der Waals surface area contributed by atoms with Crippen molar-refractivity contribution in [3.05, 3.63) is 0 Å². The molecule has 0 spiro atoms. The molecule has 2 amide bonds. The van der Waals surface area contributed by atoms with Crippen molar-refractivity contribution >= 4 is 29.5 Å². The molecule has 0 radical (unpaired) electrons. The third-order valence-electron chi connectivity index (χ3n) is 4.90. The van der Waals surface area contributed by atoms with Crippen LogP contribution in [0.5, 0.6) is 0 Å². The van der Waals surface area contributed by atoms with Crippen LogP contribution < -0.4 is 5.32 Å². The molecule has 2 N–H and O–H groups in total. The van der Waals surface area contributed by atoms with Gasteiger partial charge in [0, 0.05) is 31.9 Å². The van der Waals surface area contributed by atoms with E-state index >= 15 is 0 Å². The minimum absolute atomic E-state index is 0.00575. The van der Waals surface area contributed by atoms with Crippen molar-refractivity contribution in [1.29, 1.82) is 0 Å². The number of nitrogens with zero attached hydrogens (tertiary/aromatic N) is 1. The molecule has 7 nitrogen and oxygen atoms in total. The molecule has 2 atom stereocenters. The number of carbonyl (C=O) groups is 3. The maximum atomic E-state index is 12.5. The first-order chi connectivity index (χ1) is 12.0. The summed E-state index contributed by atoms with van der Waals surface area (Å²) in [6, 6.07) is -0.488. The van der Waals surface area contributed by atoms with Gasteiger partial charge < -0.3 is 20.1 Å². The van der Waals surface area contributed by atoms with Gasteiger partial charge in [0.25, 0.3) is 0 Å². The molecule has 2 aliphatic rings. The van der Waals surface area contributed by atoms with E-state index in [9.17, 15) is 19.5 Å². The fourth-order valence-electron chi connectivity index (χ4n) is 3.28. The minimum atomic E-state index is -0.885. The Morgan fingerprint density at radius 3 is 2.68 bits per heavy atom. The SMILES string of the molecule is CCCCC(=O)N1CSCC1C(=O)NCC(C(=O)O)C1CCOCC1. The Balaban J connectivity index is 1.88. The minimum Gasteiger partial charge on any atom is -0.481 e. The van der Waals surface area contributed by atoms with Gasteiger partial charge in [0.05, 0.1) is 11.8 Å². The van der Waals surface area contributed by atoms with Crippen molar-refractivity contribution in [3.8, 4) is 0 Å². The van der Waals surface area contributed by atoms with Crippen molar-refractivity contribution < 1.29 is 24.2 Å². The zero-order valence-corrected chi connectivity index (χ0v) is 15.6. The highest BCUT2D eigenvalue weighted by molar-refractivity contribution is 7.99. The van der Waals surface area contributed by atoms with Gasteiger partial charge in [0.15, 0.2) is 0 Å². The molecule has 2 fully saturated rings. The van der Waals surface area contributed by atoms with Gasteiger partial charge in [-0.25, -0.2) is 0 Å². The highest BCUT2D eigenvalue weighted by atomic mass is 32.2. The summed E-state index contributed by atoms with van der Waals surface area (Å²) < 4.78 is 5.28. The van der Waals surface area contributed by atoms with Crippen LogP contribution >= 0.6 is 11.8 Å². The standard InChI is InChI=1S/C17H28N2O5S/c1-2-3-4-15(20)19-11-25-10-14(19)16(21)18-9-13(17(22)23)12-5-7-24-8-6-12/h12-14H,2-11H2,1H3,(H,18,21)(H,22,23). The molecule has 0 aromatic carbocycles. The Morgan fingerprint density at radius 2 is 2.04 bits per heavy atom. The molecular formula is C17H28N2O5S. The van der Waals surface area contributed by atoms with Crippen LogP contribution in [0.25, 0.3) is 0 Å². The lowest BCUT2D eigenvalue weighted by Crippen LogP contribution is -2.49. The van der Waals surface area contributed by atoms with Crippen LogP contribution in [-0.2, 0) is 19.1 Å². The first-order valence-electron chi connectivity index (χ1n) is 9.00. The van der Waals surface area contributed by atoms with Gasteiger partial charge >= 0.3 is 5.97 Å². The number of carboxylic acid groups (broad SMARTS) is 1. The van der Waals surface area contributed by atoms with Crippen LogP contribution in [-0.4, -0.2) is 65.2 Å². The summed E-state index contributed by atoms with van der Waals surface area (Å²) in [5.74, 6) is -0.608. The Morgan fingerprint density at radius 1 is 1.32 bits per heavy atom. The summed E-state index contributed by atoms with van der Waals surface area (Å²) in [6.07, 6.45) is 3.62. The molecule has 8 heteroatoms. The predicted molar refractivity (Wildman–Crippen MR) is 95.2 cm³/mol. The number of rotatable bonds is 8. The smallest absolute Gasteiger partial charge is 0.308 e. The zero-order chi connectivity index (χ0) is 18.2. The number of thioether (sulfide) groups is 1. The van der Waals surface area contributed by atoms with Gasteiger partial charge in [-0.1, -0.05) is 13.3 Å². The highest BCUT2D eigenvalue weighted by Crippen LogP contribution is 2.25. The number of amides is 2. The van der Waals surface area contributed by atoms with Gasteiger partial charge in [0.1, 0.15) is 6.04 Å². The van der Waals surface area contributed by atoms with Crippen LogP contribution in [0.2, 0.25) is 0 Å². The maximum Gasteiger partial charge on any atom is 0.308 e. The Kier molecular flexibility index (Phi) is 8.02. The zero-order valence-electron chi connectivity index (χ0n) is 14.7. The topological polar surface area (TPSA) is 95.9 Å². The second-order valence-electron chi connectivity index (χ2n) is 6.62. The van der Waals surface area contributed by atoms with Crippen LogP contribution in [0.15, 0.2) is 0 Å². The first-order valence-corrected chi connectivity index (χ1v) is 10.2. The molecule has 0 aromatic rings. The van der Waals surface area contributed by atoms with E-state index in [4.69, 9.17) is 4.74 Å². The third kappa shape index (κ3) is 5.60. The van der Waals surface area contributed by atoms with Crippen LogP contribution in [0.1, 0.15) is 39.0 Å². The maximum absolute atomic E-state index is 12.5. The van der Waals surface area contributed by atoms with Gasteiger partial charge in [-0.3, -0.25) is 14.4 Å². The molecule has 2 heterocycles. The van der Waals surface area contributed by atoms with E-state index in [0.29, 0.717) is 44.1 Å². The molecule has 0 saturated carbocycles. The number of aliphatic carboxylic acids is 1. The first kappa shape index (κ1) is 20.0. The lowest BCUT2D eigenvalue weighted by molar-refractivity contribution is -0.145. The number of hydrogen-bond donors (Lipinski definition) is 2. The lowest BCUT2D eigenvalue weighted by atomic mass is 9.86. The lowest BCUT2D eigenvalue weighted by Gasteiger charge is -2.29. The summed E-state index contributed by atoms with van der Waals surface area (Å²) in [6.45, 7) is 3.28. The van der Waals surface area contributed by atoms with Crippen LogP contribution in [0, 0.1) is 11.8 Å². The van der Waals surface area contributed by atoms with E-state index in [-0.39, 0.29) is 24.3 Å². The monoisotopic (exact) mass is 372 g/mol. The Bertz CT molecular complexity index is 482. The number of carboxylic acids is 1. The number of unbranched alkanes of at least 4 members (excludes halogenated alkanes) is 1. The third-order valence-corrected chi connectivity index (χ3v) is 5.91. The molecule has 142 valence electrons. The normalized spacial score (nSPS) is 22.6. The molecule has 0 aliphatic carbocycles. The van der Waals surface area contributed by atoms with Gasteiger partial charge in [-0.15, -0.1) is 11.8 Å². The Labute approximate surface area is 152 Å². The van der Waals surface area contributed by atoms with Crippen molar-refractivity contribution in [3.63, 3.8) is 0 Å². The molecular weight excluding hydrogens is 344 g/mol.